The Bertz CT molecular complexity index is 874. The predicted octanol–water partition coefficient (Wildman–Crippen LogP) is -1.74. The summed E-state index contributed by atoms with van der Waals surface area (Å²) in [6, 6.07) is 1.12. The molecule has 9 heteroatoms. The molecule has 0 saturated carbocycles. The van der Waals surface area contributed by atoms with E-state index in [1.54, 1.807) is 0 Å². The second-order valence-corrected chi connectivity index (χ2v) is 4.33. The maximum Gasteiger partial charge on any atom is 0.336 e. The van der Waals surface area contributed by atoms with E-state index >= 15 is 0 Å². The van der Waals surface area contributed by atoms with Gasteiger partial charge >= 0.3 is 17.1 Å². The molecule has 2 aromatic rings. The van der Waals surface area contributed by atoms with Gasteiger partial charge in [0, 0.05) is 20.2 Å². The number of ether oxygens (including phenoxy) is 1. The third kappa shape index (κ3) is 2.45. The molecule has 0 fully saturated rings. The molecule has 0 aliphatic heterocycles. The molecule has 0 aromatic carbocycles. The van der Waals surface area contributed by atoms with Crippen LogP contribution in [0.5, 0.6) is 5.75 Å². The standard InChI is InChI=1S/C12H13N3O6/c1-13-10(17)14(2)12(19)15(11(13)18)5-7-4-8(16)9(20-3)6-21-7/h4,6H,5H2,1-3H3. The van der Waals surface area contributed by atoms with Crippen molar-refractivity contribution >= 4 is 0 Å². The van der Waals surface area contributed by atoms with Gasteiger partial charge in [-0.1, -0.05) is 0 Å². The summed E-state index contributed by atoms with van der Waals surface area (Å²) in [5.74, 6) is 0.109. The Kier molecular flexibility index (Phi) is 3.66. The fourth-order valence-corrected chi connectivity index (χ4v) is 1.79. The van der Waals surface area contributed by atoms with Gasteiger partial charge in [0.25, 0.3) is 0 Å². The molecule has 0 spiro atoms. The van der Waals surface area contributed by atoms with Gasteiger partial charge in [-0.3, -0.25) is 4.79 Å². The van der Waals surface area contributed by atoms with Crippen LogP contribution in [0.25, 0.3) is 0 Å². The molecule has 0 amide bonds. The van der Waals surface area contributed by atoms with Crippen molar-refractivity contribution in [3.8, 4) is 5.75 Å². The summed E-state index contributed by atoms with van der Waals surface area (Å²) >= 11 is 0. The van der Waals surface area contributed by atoms with E-state index in [2.05, 4.69) is 0 Å². The van der Waals surface area contributed by atoms with Crippen LogP contribution in [0.4, 0.5) is 0 Å². The van der Waals surface area contributed by atoms with Gasteiger partial charge < -0.3 is 9.15 Å². The van der Waals surface area contributed by atoms with Gasteiger partial charge in [-0.15, -0.1) is 0 Å². The third-order valence-electron chi connectivity index (χ3n) is 3.00. The summed E-state index contributed by atoms with van der Waals surface area (Å²) < 4.78 is 12.3. The summed E-state index contributed by atoms with van der Waals surface area (Å²) in [6.07, 6.45) is 1.09. The number of methoxy groups -OCH3 is 1. The summed E-state index contributed by atoms with van der Waals surface area (Å²) in [5.41, 5.74) is -2.74. The summed E-state index contributed by atoms with van der Waals surface area (Å²) in [5, 5.41) is 0. The van der Waals surface area contributed by atoms with E-state index in [0.717, 1.165) is 26.0 Å². The van der Waals surface area contributed by atoms with Crippen LogP contribution in [0.2, 0.25) is 0 Å². The van der Waals surface area contributed by atoms with Crippen molar-refractivity contribution in [1.82, 2.24) is 13.7 Å². The molecule has 2 heterocycles. The quantitative estimate of drug-likeness (QED) is 0.665. The van der Waals surface area contributed by atoms with E-state index in [1.165, 1.54) is 21.2 Å². The normalized spacial score (nSPS) is 10.6. The van der Waals surface area contributed by atoms with Crippen molar-refractivity contribution in [3.05, 3.63) is 59.8 Å². The first kappa shape index (κ1) is 14.6. The monoisotopic (exact) mass is 295 g/mol. The Morgan fingerprint density at radius 1 is 1.05 bits per heavy atom. The van der Waals surface area contributed by atoms with E-state index in [1.807, 2.05) is 0 Å². The average molecular weight is 295 g/mol. The lowest BCUT2D eigenvalue weighted by Gasteiger charge is -2.08. The molecule has 9 nitrogen and oxygen atoms in total. The molecule has 112 valence electrons. The minimum atomic E-state index is -0.790. The molecule has 0 radical (unpaired) electrons. The highest BCUT2D eigenvalue weighted by atomic mass is 16.5. The lowest BCUT2D eigenvalue weighted by molar-refractivity contribution is 0.372. The molecular weight excluding hydrogens is 282 g/mol. The molecule has 0 aliphatic rings. The molecule has 0 aliphatic carbocycles. The molecule has 2 rings (SSSR count). The van der Waals surface area contributed by atoms with Gasteiger partial charge in [-0.2, -0.15) is 0 Å². The van der Waals surface area contributed by atoms with Crippen LogP contribution >= 0.6 is 0 Å². The van der Waals surface area contributed by atoms with Gasteiger partial charge in [0.2, 0.25) is 11.2 Å². The highest BCUT2D eigenvalue weighted by molar-refractivity contribution is 5.17. The minimum absolute atomic E-state index is 0.0134. The number of hydrogen-bond acceptors (Lipinski definition) is 6. The lowest BCUT2D eigenvalue weighted by Crippen LogP contribution is -2.52. The maximum absolute atomic E-state index is 11.9. The molecule has 0 saturated heterocycles. The summed E-state index contributed by atoms with van der Waals surface area (Å²) in [6.45, 7) is -0.265. The highest BCUT2D eigenvalue weighted by Crippen LogP contribution is 2.05. The summed E-state index contributed by atoms with van der Waals surface area (Å²) in [7, 11) is 3.83. The molecule has 0 bridgehead atoms. The zero-order valence-corrected chi connectivity index (χ0v) is 11.7. The lowest BCUT2D eigenvalue weighted by atomic mass is 10.3. The first-order valence-electron chi connectivity index (χ1n) is 5.89. The van der Waals surface area contributed by atoms with E-state index in [0.29, 0.717) is 0 Å². The largest absolute Gasteiger partial charge is 0.490 e. The van der Waals surface area contributed by atoms with E-state index in [9.17, 15) is 19.2 Å². The van der Waals surface area contributed by atoms with Crippen molar-refractivity contribution in [2.24, 2.45) is 14.1 Å². The molecule has 0 atom stereocenters. The van der Waals surface area contributed by atoms with Crippen molar-refractivity contribution in [2.75, 3.05) is 7.11 Å². The van der Waals surface area contributed by atoms with Gasteiger partial charge in [-0.25, -0.2) is 28.1 Å². The molecule has 2 aromatic heterocycles. The fraction of sp³-hybridized carbons (Fsp3) is 0.333. The first-order valence-corrected chi connectivity index (χ1v) is 5.89. The average Bonchev–Trinajstić information content (AvgIpc) is 2.48. The van der Waals surface area contributed by atoms with Crippen molar-refractivity contribution < 1.29 is 9.15 Å². The van der Waals surface area contributed by atoms with E-state index in [-0.39, 0.29) is 18.1 Å². The predicted molar refractivity (Wildman–Crippen MR) is 71.8 cm³/mol. The Morgan fingerprint density at radius 3 is 2.10 bits per heavy atom. The second-order valence-electron chi connectivity index (χ2n) is 4.33. The fourth-order valence-electron chi connectivity index (χ4n) is 1.79. The van der Waals surface area contributed by atoms with Crippen LogP contribution in [0, 0.1) is 0 Å². The highest BCUT2D eigenvalue weighted by Gasteiger charge is 2.12. The Balaban J connectivity index is 2.58. The van der Waals surface area contributed by atoms with Crippen LogP contribution in [0.1, 0.15) is 5.76 Å². The first-order chi connectivity index (χ1) is 9.86. The van der Waals surface area contributed by atoms with Crippen molar-refractivity contribution in [3.63, 3.8) is 0 Å². The topological polar surface area (TPSA) is 105 Å². The smallest absolute Gasteiger partial charge is 0.336 e. The van der Waals surface area contributed by atoms with Crippen LogP contribution in [-0.2, 0) is 20.6 Å². The zero-order chi connectivity index (χ0) is 15.7. The second kappa shape index (κ2) is 5.27. The SMILES string of the molecule is COc1coc(Cn2c(=O)n(C)c(=O)n(C)c2=O)cc1=O. The molecular formula is C12H13N3O6. The Morgan fingerprint density at radius 2 is 1.62 bits per heavy atom. The Labute approximate surface area is 117 Å². The minimum Gasteiger partial charge on any atom is -0.490 e. The summed E-state index contributed by atoms with van der Waals surface area (Å²) in [4.78, 5) is 47.1. The van der Waals surface area contributed by atoms with Crippen LogP contribution in [-0.4, -0.2) is 20.8 Å². The van der Waals surface area contributed by atoms with Crippen molar-refractivity contribution in [1.29, 1.82) is 0 Å². The van der Waals surface area contributed by atoms with Crippen LogP contribution in [0.15, 0.2) is 35.9 Å². The van der Waals surface area contributed by atoms with Gasteiger partial charge in [-0.05, 0) is 0 Å². The maximum atomic E-state index is 11.9. The van der Waals surface area contributed by atoms with Gasteiger partial charge in [0.1, 0.15) is 12.0 Å². The number of aromatic nitrogens is 3. The van der Waals surface area contributed by atoms with Gasteiger partial charge in [0.15, 0.2) is 0 Å². The van der Waals surface area contributed by atoms with Crippen LogP contribution in [0.3, 0.4) is 0 Å². The zero-order valence-electron chi connectivity index (χ0n) is 11.7. The van der Waals surface area contributed by atoms with E-state index < -0.39 is 22.5 Å². The number of hydrogen-bond donors (Lipinski definition) is 0. The van der Waals surface area contributed by atoms with Crippen LogP contribution < -0.4 is 27.2 Å². The van der Waals surface area contributed by atoms with E-state index in [4.69, 9.17) is 9.15 Å². The van der Waals surface area contributed by atoms with Gasteiger partial charge in [0.05, 0.1) is 13.7 Å². The number of nitrogens with zero attached hydrogens (tertiary/aromatic N) is 3. The molecule has 0 unspecified atom stereocenters. The number of rotatable bonds is 3. The Hall–Kier alpha value is -2.84. The molecule has 0 N–H and O–H groups in total. The van der Waals surface area contributed by atoms with Crippen molar-refractivity contribution in [2.45, 2.75) is 6.54 Å². The third-order valence-corrected chi connectivity index (χ3v) is 3.00. The molecule has 21 heavy (non-hydrogen) atoms.